The standard InChI is InChI=1S/C20H26N4O2/c1-23(2)18-6-4-3-5-17(18)20(25)22-15-19(16-7-9-21-10-8-16)24-11-13-26-14-12-24/h3-10,19H,11-15H2,1-2H3,(H,22,25)/t19-/m0/s1. The van der Waals surface area contributed by atoms with Crippen LogP contribution >= 0.6 is 0 Å². The Kier molecular flexibility index (Phi) is 6.20. The number of amides is 1. The largest absolute Gasteiger partial charge is 0.379 e. The molecule has 1 aliphatic heterocycles. The number of aromatic nitrogens is 1. The number of hydrogen-bond donors (Lipinski definition) is 1. The Bertz CT molecular complexity index is 715. The second-order valence-corrected chi connectivity index (χ2v) is 6.57. The first-order valence-electron chi connectivity index (χ1n) is 8.93. The first-order chi connectivity index (χ1) is 12.7. The van der Waals surface area contributed by atoms with Crippen molar-refractivity contribution in [1.82, 2.24) is 15.2 Å². The van der Waals surface area contributed by atoms with Crippen LogP contribution in [0.1, 0.15) is 22.0 Å². The third-order valence-corrected chi connectivity index (χ3v) is 4.66. The number of morpholine rings is 1. The Morgan fingerprint density at radius 2 is 1.88 bits per heavy atom. The summed E-state index contributed by atoms with van der Waals surface area (Å²) in [7, 11) is 3.89. The van der Waals surface area contributed by atoms with E-state index in [-0.39, 0.29) is 11.9 Å². The molecular weight excluding hydrogens is 328 g/mol. The monoisotopic (exact) mass is 354 g/mol. The molecule has 0 radical (unpaired) electrons. The van der Waals surface area contributed by atoms with E-state index in [1.807, 2.05) is 55.4 Å². The van der Waals surface area contributed by atoms with Crippen LogP contribution in [0.2, 0.25) is 0 Å². The van der Waals surface area contributed by atoms with E-state index in [2.05, 4.69) is 15.2 Å². The molecule has 1 amide bonds. The molecule has 0 aliphatic carbocycles. The van der Waals surface area contributed by atoms with Crippen molar-refractivity contribution in [3.8, 4) is 0 Å². The molecule has 1 saturated heterocycles. The number of nitrogens with zero attached hydrogens (tertiary/aromatic N) is 3. The Hall–Kier alpha value is -2.44. The molecule has 1 atom stereocenters. The van der Waals surface area contributed by atoms with Gasteiger partial charge in [0, 0.05) is 51.8 Å². The summed E-state index contributed by atoms with van der Waals surface area (Å²) in [5.74, 6) is -0.0541. The van der Waals surface area contributed by atoms with Gasteiger partial charge in [-0.3, -0.25) is 14.7 Å². The van der Waals surface area contributed by atoms with Crippen LogP contribution in [0.5, 0.6) is 0 Å². The minimum Gasteiger partial charge on any atom is -0.379 e. The molecule has 1 aromatic carbocycles. The lowest BCUT2D eigenvalue weighted by Crippen LogP contribution is -2.44. The number of pyridine rings is 1. The lowest BCUT2D eigenvalue weighted by molar-refractivity contribution is 0.0162. The van der Waals surface area contributed by atoms with E-state index in [0.29, 0.717) is 12.1 Å². The lowest BCUT2D eigenvalue weighted by Gasteiger charge is -2.35. The van der Waals surface area contributed by atoms with Crippen molar-refractivity contribution in [2.24, 2.45) is 0 Å². The highest BCUT2D eigenvalue weighted by Gasteiger charge is 2.23. The van der Waals surface area contributed by atoms with Crippen molar-refractivity contribution in [2.45, 2.75) is 6.04 Å². The summed E-state index contributed by atoms with van der Waals surface area (Å²) in [6, 6.07) is 11.8. The summed E-state index contributed by atoms with van der Waals surface area (Å²) in [5, 5.41) is 3.12. The second kappa shape index (κ2) is 8.78. The van der Waals surface area contributed by atoms with Crippen LogP contribution in [0.25, 0.3) is 0 Å². The van der Waals surface area contributed by atoms with Gasteiger partial charge in [-0.15, -0.1) is 0 Å². The molecule has 1 N–H and O–H groups in total. The minimum atomic E-state index is -0.0541. The zero-order chi connectivity index (χ0) is 18.4. The molecule has 1 fully saturated rings. The molecule has 0 bridgehead atoms. The first kappa shape index (κ1) is 18.4. The van der Waals surface area contributed by atoms with E-state index in [0.717, 1.165) is 37.6 Å². The maximum atomic E-state index is 12.8. The van der Waals surface area contributed by atoms with Gasteiger partial charge in [-0.2, -0.15) is 0 Å². The number of rotatable bonds is 6. The summed E-state index contributed by atoms with van der Waals surface area (Å²) in [6.07, 6.45) is 3.60. The van der Waals surface area contributed by atoms with Crippen LogP contribution in [-0.4, -0.2) is 62.7 Å². The summed E-state index contributed by atoms with van der Waals surface area (Å²) >= 11 is 0. The van der Waals surface area contributed by atoms with Gasteiger partial charge in [-0.1, -0.05) is 12.1 Å². The van der Waals surface area contributed by atoms with E-state index in [1.165, 1.54) is 0 Å². The van der Waals surface area contributed by atoms with Gasteiger partial charge in [0.05, 0.1) is 24.8 Å². The van der Waals surface area contributed by atoms with Crippen LogP contribution in [0.4, 0.5) is 5.69 Å². The van der Waals surface area contributed by atoms with E-state index < -0.39 is 0 Å². The maximum Gasteiger partial charge on any atom is 0.253 e. The average Bonchev–Trinajstić information content (AvgIpc) is 2.69. The van der Waals surface area contributed by atoms with Gasteiger partial charge >= 0.3 is 0 Å². The number of nitrogens with one attached hydrogen (secondary N) is 1. The highest BCUT2D eigenvalue weighted by atomic mass is 16.5. The predicted octanol–water partition coefficient (Wildman–Crippen LogP) is 1.95. The molecule has 0 unspecified atom stereocenters. The molecule has 2 heterocycles. The summed E-state index contributed by atoms with van der Waals surface area (Å²) in [4.78, 5) is 21.2. The van der Waals surface area contributed by atoms with Gasteiger partial charge in [0.2, 0.25) is 0 Å². The predicted molar refractivity (Wildman–Crippen MR) is 102 cm³/mol. The van der Waals surface area contributed by atoms with Crippen molar-refractivity contribution in [2.75, 3.05) is 51.8 Å². The molecule has 26 heavy (non-hydrogen) atoms. The SMILES string of the molecule is CN(C)c1ccccc1C(=O)NC[C@@H](c1ccncc1)N1CCOCC1. The fourth-order valence-electron chi connectivity index (χ4n) is 3.27. The van der Waals surface area contributed by atoms with Gasteiger partial charge in [0.25, 0.3) is 5.91 Å². The Balaban J connectivity index is 1.74. The lowest BCUT2D eigenvalue weighted by atomic mass is 10.1. The van der Waals surface area contributed by atoms with E-state index in [4.69, 9.17) is 4.74 Å². The van der Waals surface area contributed by atoms with Gasteiger partial charge in [0.1, 0.15) is 0 Å². The average molecular weight is 354 g/mol. The third-order valence-electron chi connectivity index (χ3n) is 4.66. The van der Waals surface area contributed by atoms with Crippen LogP contribution in [0.15, 0.2) is 48.8 Å². The van der Waals surface area contributed by atoms with E-state index in [9.17, 15) is 4.79 Å². The molecule has 0 saturated carbocycles. The number of hydrogen-bond acceptors (Lipinski definition) is 5. The zero-order valence-corrected chi connectivity index (χ0v) is 15.4. The maximum absolute atomic E-state index is 12.8. The topological polar surface area (TPSA) is 57.7 Å². The molecule has 3 rings (SSSR count). The van der Waals surface area contributed by atoms with Gasteiger partial charge in [-0.05, 0) is 29.8 Å². The fraction of sp³-hybridized carbons (Fsp3) is 0.400. The Morgan fingerprint density at radius 1 is 1.19 bits per heavy atom. The number of para-hydroxylation sites is 1. The van der Waals surface area contributed by atoms with Crippen LogP contribution in [0.3, 0.4) is 0 Å². The first-order valence-corrected chi connectivity index (χ1v) is 8.93. The number of carbonyl (C=O) groups excluding carboxylic acids is 1. The van der Waals surface area contributed by atoms with Crippen LogP contribution in [0, 0.1) is 0 Å². The van der Waals surface area contributed by atoms with Gasteiger partial charge in [-0.25, -0.2) is 0 Å². The second-order valence-electron chi connectivity index (χ2n) is 6.57. The van der Waals surface area contributed by atoms with Crippen molar-refractivity contribution < 1.29 is 9.53 Å². The smallest absolute Gasteiger partial charge is 0.253 e. The van der Waals surface area contributed by atoms with Crippen molar-refractivity contribution >= 4 is 11.6 Å². The summed E-state index contributed by atoms with van der Waals surface area (Å²) in [5.41, 5.74) is 2.76. The van der Waals surface area contributed by atoms with Gasteiger partial charge in [0.15, 0.2) is 0 Å². The molecule has 138 valence electrons. The molecule has 1 aliphatic rings. The van der Waals surface area contributed by atoms with Crippen molar-refractivity contribution in [3.05, 3.63) is 59.9 Å². The quantitative estimate of drug-likeness (QED) is 0.859. The molecule has 1 aromatic heterocycles. The number of benzene rings is 1. The minimum absolute atomic E-state index is 0.0541. The Labute approximate surface area is 154 Å². The zero-order valence-electron chi connectivity index (χ0n) is 15.4. The van der Waals surface area contributed by atoms with Gasteiger partial charge < -0.3 is 15.0 Å². The normalized spacial score (nSPS) is 16.1. The number of anilines is 1. The molecule has 0 spiro atoms. The van der Waals surface area contributed by atoms with Crippen LogP contribution in [-0.2, 0) is 4.74 Å². The van der Waals surface area contributed by atoms with Crippen molar-refractivity contribution in [1.29, 1.82) is 0 Å². The molecular formula is C20H26N4O2. The molecule has 6 nitrogen and oxygen atoms in total. The van der Waals surface area contributed by atoms with E-state index in [1.54, 1.807) is 12.4 Å². The van der Waals surface area contributed by atoms with Crippen LogP contribution < -0.4 is 10.2 Å². The van der Waals surface area contributed by atoms with Crippen molar-refractivity contribution in [3.63, 3.8) is 0 Å². The third kappa shape index (κ3) is 4.39. The molecule has 6 heteroatoms. The highest BCUT2D eigenvalue weighted by molar-refractivity contribution is 5.99. The Morgan fingerprint density at radius 3 is 2.58 bits per heavy atom. The fourth-order valence-corrected chi connectivity index (χ4v) is 3.27. The molecule has 2 aromatic rings. The summed E-state index contributed by atoms with van der Waals surface area (Å²) in [6.45, 7) is 3.71. The number of ether oxygens (including phenoxy) is 1. The summed E-state index contributed by atoms with van der Waals surface area (Å²) < 4.78 is 5.48. The number of carbonyl (C=O) groups is 1. The van der Waals surface area contributed by atoms with E-state index >= 15 is 0 Å². The highest BCUT2D eigenvalue weighted by Crippen LogP contribution is 2.22.